The zero-order valence-electron chi connectivity index (χ0n) is 21.1. The zero-order valence-corrected chi connectivity index (χ0v) is 21.1. The van der Waals surface area contributed by atoms with E-state index in [0.29, 0.717) is 25.7 Å². The molecule has 0 unspecified atom stereocenters. The number of hydrogen-bond acceptors (Lipinski definition) is 5. The number of ketones is 1. The Hall–Kier alpha value is -1.73. The van der Waals surface area contributed by atoms with Crippen LogP contribution in [0.3, 0.4) is 0 Å². The summed E-state index contributed by atoms with van der Waals surface area (Å²) in [5, 5.41) is 29.0. The van der Waals surface area contributed by atoms with Crippen molar-refractivity contribution in [2.24, 2.45) is 34.0 Å². The summed E-state index contributed by atoms with van der Waals surface area (Å²) >= 11 is 0. The fraction of sp³-hybridized carbons (Fsp3) is 0.815. The summed E-state index contributed by atoms with van der Waals surface area (Å²) in [6.07, 6.45) is 3.67. The minimum Gasteiger partial charge on any atom is -0.481 e. The first-order valence-corrected chi connectivity index (χ1v) is 12.7. The molecule has 1 aliphatic heterocycles. The number of aliphatic hydroxyl groups excluding tert-OH is 1. The molecule has 4 rings (SSSR count). The number of fused-ring (bicyclic) bond motifs is 5. The van der Waals surface area contributed by atoms with E-state index in [9.17, 15) is 29.7 Å². The normalized spacial score (nSPS) is 44.1. The third-order valence-electron chi connectivity index (χ3n) is 10.6. The van der Waals surface area contributed by atoms with Gasteiger partial charge in [-0.05, 0) is 67.3 Å². The minimum atomic E-state index is -0.886. The third kappa shape index (κ3) is 3.41. The number of carboxylic acids is 2. The van der Waals surface area contributed by atoms with Crippen LogP contribution in [-0.4, -0.2) is 51.4 Å². The van der Waals surface area contributed by atoms with Gasteiger partial charge in [0.15, 0.2) is 5.78 Å². The number of hydrogen-bond donors (Lipinski definition) is 3. The van der Waals surface area contributed by atoms with Crippen LogP contribution >= 0.6 is 0 Å². The van der Waals surface area contributed by atoms with E-state index >= 15 is 0 Å². The molecular formula is C27H40O7. The molecule has 7 nitrogen and oxygen atoms in total. The van der Waals surface area contributed by atoms with Crippen LogP contribution in [0, 0.1) is 34.0 Å². The number of carbonyl (C=O) groups is 3. The highest BCUT2D eigenvalue weighted by molar-refractivity contribution is 6.00. The second-order valence-corrected chi connectivity index (χ2v) is 12.4. The van der Waals surface area contributed by atoms with Crippen LogP contribution in [0.2, 0.25) is 0 Å². The highest BCUT2D eigenvalue weighted by atomic mass is 16.5. The van der Waals surface area contributed by atoms with E-state index in [-0.39, 0.29) is 59.9 Å². The molecule has 0 aromatic carbocycles. The molecule has 34 heavy (non-hydrogen) atoms. The first-order chi connectivity index (χ1) is 15.7. The maximum absolute atomic E-state index is 14.0. The van der Waals surface area contributed by atoms with Crippen molar-refractivity contribution in [3.8, 4) is 0 Å². The lowest BCUT2D eigenvalue weighted by Crippen LogP contribution is -2.54. The summed E-state index contributed by atoms with van der Waals surface area (Å²) < 4.78 is 6.55. The van der Waals surface area contributed by atoms with Crippen LogP contribution < -0.4 is 0 Å². The summed E-state index contributed by atoms with van der Waals surface area (Å²) in [4.78, 5) is 36.8. The Morgan fingerprint density at radius 1 is 1.12 bits per heavy atom. The van der Waals surface area contributed by atoms with E-state index in [2.05, 4.69) is 20.8 Å². The monoisotopic (exact) mass is 476 g/mol. The Bertz CT molecular complexity index is 939. The molecular weight excluding hydrogens is 436 g/mol. The molecule has 0 spiro atoms. The van der Waals surface area contributed by atoms with E-state index in [1.807, 2.05) is 13.8 Å². The van der Waals surface area contributed by atoms with Crippen molar-refractivity contribution >= 4 is 17.7 Å². The van der Waals surface area contributed by atoms with Gasteiger partial charge in [-0.15, -0.1) is 0 Å². The number of aliphatic carboxylic acids is 2. The van der Waals surface area contributed by atoms with Crippen LogP contribution in [0.5, 0.6) is 0 Å². The molecule has 0 amide bonds. The third-order valence-corrected chi connectivity index (χ3v) is 10.6. The molecule has 1 saturated heterocycles. The predicted octanol–water partition coefficient (Wildman–Crippen LogP) is 4.22. The minimum absolute atomic E-state index is 0.0356. The molecule has 0 aromatic rings. The standard InChI is InChI=1S/C27H40O7/c1-15(6-7-20(30)31)16-8-11-25(3)23-18-12-19(27(5,14-28)34-18)24(2,10-9-21(32)33)22(23)17(29)13-26(16,25)4/h15-16,18-19,28H,6-14H2,1-5H3,(H,30,31)(H,32,33)/t15-,16+,18-,19+,24-,25-,26+,27+/m0/s1. The average Bonchev–Trinajstić information content (AvgIpc) is 3.21. The van der Waals surface area contributed by atoms with Gasteiger partial charge in [0.05, 0.1) is 18.3 Å². The van der Waals surface area contributed by atoms with Crippen LogP contribution in [0.1, 0.15) is 86.0 Å². The fourth-order valence-corrected chi connectivity index (χ4v) is 8.70. The van der Waals surface area contributed by atoms with Gasteiger partial charge in [-0.1, -0.05) is 27.7 Å². The number of Topliss-reactive ketones (excluding diaryl/α,β-unsaturated/α-hetero) is 1. The Kier molecular flexibility index (Phi) is 6.08. The second-order valence-electron chi connectivity index (χ2n) is 12.4. The smallest absolute Gasteiger partial charge is 0.303 e. The van der Waals surface area contributed by atoms with Crippen LogP contribution in [-0.2, 0) is 19.1 Å². The van der Waals surface area contributed by atoms with Crippen molar-refractivity contribution in [1.82, 2.24) is 0 Å². The molecule has 7 heteroatoms. The molecule has 3 aliphatic carbocycles. The van der Waals surface area contributed by atoms with E-state index < -0.39 is 23.0 Å². The molecule has 0 radical (unpaired) electrons. The molecule has 0 aromatic heterocycles. The molecule has 2 bridgehead atoms. The van der Waals surface area contributed by atoms with E-state index in [1.165, 1.54) is 0 Å². The van der Waals surface area contributed by atoms with Gasteiger partial charge in [-0.25, -0.2) is 0 Å². The SMILES string of the molecule is C[C@@H](CCC(=O)O)[C@H]1CC[C@@]2(C)C3=C(C(=O)C[C@]12C)[C@@](C)(CCC(=O)O)[C@H]1C[C@@H]3O[C@]1(C)CO. The summed E-state index contributed by atoms with van der Waals surface area (Å²) in [5.41, 5.74) is -0.296. The first kappa shape index (κ1) is 25.4. The topological polar surface area (TPSA) is 121 Å². The highest BCUT2D eigenvalue weighted by Gasteiger charge is 2.69. The van der Waals surface area contributed by atoms with E-state index in [4.69, 9.17) is 4.74 Å². The van der Waals surface area contributed by atoms with Gasteiger partial charge in [0.2, 0.25) is 0 Å². The van der Waals surface area contributed by atoms with Crippen molar-refractivity contribution in [3.05, 3.63) is 11.1 Å². The summed E-state index contributed by atoms with van der Waals surface area (Å²) in [7, 11) is 0. The van der Waals surface area contributed by atoms with Gasteiger partial charge < -0.3 is 20.1 Å². The van der Waals surface area contributed by atoms with Gasteiger partial charge in [-0.2, -0.15) is 0 Å². The summed E-state index contributed by atoms with van der Waals surface area (Å²) in [6, 6.07) is 0. The average molecular weight is 477 g/mol. The number of allylic oxidation sites excluding steroid dienone is 1. The number of ether oxygens (including phenoxy) is 1. The molecule has 190 valence electrons. The Labute approximate surface area is 201 Å². The van der Waals surface area contributed by atoms with Gasteiger partial charge in [0, 0.05) is 36.2 Å². The summed E-state index contributed by atoms with van der Waals surface area (Å²) in [6.45, 7) is 10.3. The zero-order chi connectivity index (χ0) is 25.3. The molecule has 3 N–H and O–H groups in total. The largest absolute Gasteiger partial charge is 0.481 e. The molecule has 8 atom stereocenters. The van der Waals surface area contributed by atoms with Crippen LogP contribution in [0.4, 0.5) is 0 Å². The lowest BCUT2D eigenvalue weighted by molar-refractivity contribution is -0.139. The van der Waals surface area contributed by atoms with Crippen molar-refractivity contribution in [2.45, 2.75) is 97.7 Å². The molecule has 1 heterocycles. The second kappa shape index (κ2) is 8.16. The van der Waals surface area contributed by atoms with Crippen molar-refractivity contribution in [3.63, 3.8) is 0 Å². The Morgan fingerprint density at radius 3 is 2.35 bits per heavy atom. The number of carboxylic acid groups (broad SMARTS) is 2. The van der Waals surface area contributed by atoms with E-state index in [1.54, 1.807) is 0 Å². The molecule has 2 fully saturated rings. The van der Waals surface area contributed by atoms with Gasteiger partial charge >= 0.3 is 11.9 Å². The highest BCUT2D eigenvalue weighted by Crippen LogP contribution is 2.72. The fourth-order valence-electron chi connectivity index (χ4n) is 8.70. The van der Waals surface area contributed by atoms with Gasteiger partial charge in [-0.3, -0.25) is 14.4 Å². The number of rotatable bonds is 8. The van der Waals surface area contributed by atoms with Crippen LogP contribution in [0.15, 0.2) is 11.1 Å². The quantitative estimate of drug-likeness (QED) is 0.479. The number of aliphatic hydroxyl groups is 1. The van der Waals surface area contributed by atoms with Gasteiger partial charge in [0.1, 0.15) is 0 Å². The number of carbonyl (C=O) groups excluding carboxylic acids is 1. The lowest BCUT2D eigenvalue weighted by atomic mass is 9.46. The summed E-state index contributed by atoms with van der Waals surface area (Å²) in [5.74, 6) is -1.32. The van der Waals surface area contributed by atoms with Crippen molar-refractivity contribution < 1.29 is 34.4 Å². The molecule has 4 aliphatic rings. The molecule has 1 saturated carbocycles. The van der Waals surface area contributed by atoms with Gasteiger partial charge in [0.25, 0.3) is 0 Å². The maximum Gasteiger partial charge on any atom is 0.303 e. The lowest BCUT2D eigenvalue weighted by Gasteiger charge is -2.56. The predicted molar refractivity (Wildman–Crippen MR) is 125 cm³/mol. The Balaban J connectivity index is 1.82. The van der Waals surface area contributed by atoms with Crippen molar-refractivity contribution in [2.75, 3.05) is 6.61 Å². The van der Waals surface area contributed by atoms with Crippen LogP contribution in [0.25, 0.3) is 0 Å². The Morgan fingerprint density at radius 2 is 1.76 bits per heavy atom. The first-order valence-electron chi connectivity index (χ1n) is 12.7. The maximum atomic E-state index is 14.0. The van der Waals surface area contributed by atoms with E-state index in [0.717, 1.165) is 24.0 Å². The van der Waals surface area contributed by atoms with Crippen molar-refractivity contribution in [1.29, 1.82) is 0 Å².